The lowest BCUT2D eigenvalue weighted by atomic mass is 10.0. The predicted octanol–water partition coefficient (Wildman–Crippen LogP) is 1.05. The Morgan fingerprint density at radius 2 is 1.85 bits per heavy atom. The molecule has 20 heavy (non-hydrogen) atoms. The fourth-order valence-electron chi connectivity index (χ4n) is 2.97. The fraction of sp³-hybridized carbons (Fsp3) is 0.643. The van der Waals surface area contributed by atoms with Crippen LogP contribution in [0.15, 0.2) is 18.5 Å². The largest absolute Gasteiger partial charge is 0.393 e. The first-order chi connectivity index (χ1) is 9.67. The maximum Gasteiger partial charge on any atom is 0.225 e. The maximum absolute atomic E-state index is 5.71. The molecule has 0 bridgehead atoms. The zero-order valence-corrected chi connectivity index (χ0v) is 12.5. The first-order valence-electron chi connectivity index (χ1n) is 7.20. The third-order valence-corrected chi connectivity index (χ3v) is 4.42. The zero-order valence-electron chi connectivity index (χ0n) is 11.7. The molecule has 1 saturated carbocycles. The molecule has 1 saturated heterocycles. The van der Waals surface area contributed by atoms with Crippen molar-refractivity contribution in [3.8, 4) is 0 Å². The predicted molar refractivity (Wildman–Crippen MR) is 83.8 cm³/mol. The van der Waals surface area contributed by atoms with E-state index in [1.165, 1.54) is 12.8 Å². The number of anilines is 1. The molecule has 1 aromatic rings. The van der Waals surface area contributed by atoms with Gasteiger partial charge in [-0.25, -0.2) is 9.97 Å². The summed E-state index contributed by atoms with van der Waals surface area (Å²) in [5, 5.41) is 0. The topological polar surface area (TPSA) is 58.3 Å². The highest BCUT2D eigenvalue weighted by atomic mass is 32.1. The van der Waals surface area contributed by atoms with Gasteiger partial charge in [0.15, 0.2) is 0 Å². The van der Waals surface area contributed by atoms with Gasteiger partial charge in [-0.3, -0.25) is 4.90 Å². The summed E-state index contributed by atoms with van der Waals surface area (Å²) in [5.74, 6) is 0.844. The van der Waals surface area contributed by atoms with Crippen LogP contribution in [0.2, 0.25) is 0 Å². The zero-order chi connectivity index (χ0) is 14.0. The Bertz CT molecular complexity index is 466. The molecule has 6 heteroatoms. The number of aromatic nitrogens is 2. The Kier molecular flexibility index (Phi) is 3.85. The van der Waals surface area contributed by atoms with E-state index in [1.807, 2.05) is 6.07 Å². The summed E-state index contributed by atoms with van der Waals surface area (Å²) in [6, 6.07) is 1.85. The van der Waals surface area contributed by atoms with Gasteiger partial charge in [-0.1, -0.05) is 12.2 Å². The Labute approximate surface area is 125 Å². The maximum atomic E-state index is 5.71. The average Bonchev–Trinajstić information content (AvgIpc) is 3.19. The molecule has 1 aliphatic heterocycles. The van der Waals surface area contributed by atoms with Crippen LogP contribution in [0, 0.1) is 5.41 Å². The van der Waals surface area contributed by atoms with Crippen molar-refractivity contribution in [2.75, 3.05) is 37.6 Å². The van der Waals surface area contributed by atoms with Crippen molar-refractivity contribution in [3.05, 3.63) is 18.5 Å². The van der Waals surface area contributed by atoms with Gasteiger partial charge in [-0.05, 0) is 24.3 Å². The lowest BCUT2D eigenvalue weighted by Crippen LogP contribution is -2.48. The van der Waals surface area contributed by atoms with Gasteiger partial charge in [-0.2, -0.15) is 0 Å². The number of nitrogens with zero attached hydrogens (tertiary/aromatic N) is 4. The van der Waals surface area contributed by atoms with E-state index in [2.05, 4.69) is 19.8 Å². The van der Waals surface area contributed by atoms with E-state index in [-0.39, 0.29) is 0 Å². The molecule has 0 atom stereocenters. The minimum Gasteiger partial charge on any atom is -0.393 e. The first kappa shape index (κ1) is 13.7. The van der Waals surface area contributed by atoms with E-state index in [0.29, 0.717) is 10.4 Å². The number of rotatable bonds is 5. The molecule has 2 aliphatic rings. The van der Waals surface area contributed by atoms with E-state index in [9.17, 15) is 0 Å². The molecule has 108 valence electrons. The van der Waals surface area contributed by atoms with Crippen LogP contribution in [-0.4, -0.2) is 52.6 Å². The van der Waals surface area contributed by atoms with Crippen LogP contribution in [0.1, 0.15) is 19.3 Å². The van der Waals surface area contributed by atoms with E-state index in [1.54, 1.807) is 12.4 Å². The normalized spacial score (nSPS) is 21.7. The van der Waals surface area contributed by atoms with Crippen molar-refractivity contribution < 1.29 is 0 Å². The minimum atomic E-state index is 0.386. The molecular weight excluding hydrogens is 270 g/mol. The summed E-state index contributed by atoms with van der Waals surface area (Å²) in [4.78, 5) is 14.1. The third-order valence-electron chi connectivity index (χ3n) is 4.27. The van der Waals surface area contributed by atoms with Crippen molar-refractivity contribution >= 4 is 23.2 Å². The van der Waals surface area contributed by atoms with Gasteiger partial charge < -0.3 is 10.6 Å². The van der Waals surface area contributed by atoms with Gasteiger partial charge in [0.05, 0.1) is 4.99 Å². The van der Waals surface area contributed by atoms with Gasteiger partial charge in [0.25, 0.3) is 0 Å². The number of piperazine rings is 1. The standard InChI is InChI=1S/C14H21N5S/c15-12(20)10-14(2-3-14)11-18-6-8-19(9-7-18)13-16-4-1-5-17-13/h1,4-5H,2-3,6-11H2,(H2,15,20). The molecule has 5 nitrogen and oxygen atoms in total. The number of hydrogen-bond acceptors (Lipinski definition) is 5. The number of nitrogens with two attached hydrogens (primary N) is 1. The lowest BCUT2D eigenvalue weighted by molar-refractivity contribution is 0.210. The molecule has 0 amide bonds. The van der Waals surface area contributed by atoms with Gasteiger partial charge >= 0.3 is 0 Å². The molecule has 1 aliphatic carbocycles. The SMILES string of the molecule is NC(=S)CC1(CN2CCN(c3ncccn3)CC2)CC1. The van der Waals surface area contributed by atoms with Crippen molar-refractivity contribution in [3.63, 3.8) is 0 Å². The summed E-state index contributed by atoms with van der Waals surface area (Å²) in [5.41, 5.74) is 6.10. The van der Waals surface area contributed by atoms with Gasteiger partial charge in [0.2, 0.25) is 5.95 Å². The summed E-state index contributed by atoms with van der Waals surface area (Å²) in [7, 11) is 0. The second-order valence-corrected chi connectivity index (χ2v) is 6.48. The van der Waals surface area contributed by atoms with Crippen LogP contribution in [0.25, 0.3) is 0 Å². The van der Waals surface area contributed by atoms with Crippen molar-refractivity contribution in [2.24, 2.45) is 11.1 Å². The Balaban J connectivity index is 1.51. The lowest BCUT2D eigenvalue weighted by Gasteiger charge is -2.36. The van der Waals surface area contributed by atoms with Crippen molar-refractivity contribution in [1.29, 1.82) is 0 Å². The minimum absolute atomic E-state index is 0.386. The smallest absolute Gasteiger partial charge is 0.225 e. The Morgan fingerprint density at radius 3 is 2.40 bits per heavy atom. The molecule has 0 spiro atoms. The Morgan fingerprint density at radius 1 is 1.20 bits per heavy atom. The fourth-order valence-corrected chi connectivity index (χ4v) is 3.28. The quantitative estimate of drug-likeness (QED) is 0.819. The van der Waals surface area contributed by atoms with Crippen molar-refractivity contribution in [2.45, 2.75) is 19.3 Å². The molecule has 2 heterocycles. The molecule has 0 aromatic carbocycles. The molecule has 2 N–H and O–H groups in total. The molecule has 3 rings (SSSR count). The van der Waals surface area contributed by atoms with Crippen LogP contribution < -0.4 is 10.6 Å². The van der Waals surface area contributed by atoms with E-state index in [0.717, 1.165) is 45.1 Å². The van der Waals surface area contributed by atoms with Gasteiger partial charge in [0.1, 0.15) is 0 Å². The summed E-state index contributed by atoms with van der Waals surface area (Å²) in [6.07, 6.45) is 7.05. The van der Waals surface area contributed by atoms with Crippen LogP contribution >= 0.6 is 12.2 Å². The summed E-state index contributed by atoms with van der Waals surface area (Å²) >= 11 is 5.07. The molecule has 2 fully saturated rings. The molecule has 0 radical (unpaired) electrons. The van der Waals surface area contributed by atoms with Crippen molar-refractivity contribution in [1.82, 2.24) is 14.9 Å². The number of thiocarbonyl (C=S) groups is 1. The summed E-state index contributed by atoms with van der Waals surface area (Å²) < 4.78 is 0. The van der Waals surface area contributed by atoms with Gasteiger partial charge in [-0.15, -0.1) is 0 Å². The van der Waals surface area contributed by atoms with Crippen LogP contribution in [0.3, 0.4) is 0 Å². The second-order valence-electron chi connectivity index (χ2n) is 5.96. The number of hydrogen-bond donors (Lipinski definition) is 1. The third kappa shape index (κ3) is 3.24. The molecule has 1 aromatic heterocycles. The average molecular weight is 291 g/mol. The highest BCUT2D eigenvalue weighted by Crippen LogP contribution is 2.49. The first-order valence-corrected chi connectivity index (χ1v) is 7.60. The van der Waals surface area contributed by atoms with Crippen LogP contribution in [-0.2, 0) is 0 Å². The van der Waals surface area contributed by atoms with E-state index >= 15 is 0 Å². The molecule has 0 unspecified atom stereocenters. The highest BCUT2D eigenvalue weighted by Gasteiger charge is 2.44. The highest BCUT2D eigenvalue weighted by molar-refractivity contribution is 7.80. The van der Waals surface area contributed by atoms with Gasteiger partial charge in [0, 0.05) is 51.5 Å². The van der Waals surface area contributed by atoms with E-state index in [4.69, 9.17) is 18.0 Å². The Hall–Kier alpha value is -1.27. The monoisotopic (exact) mass is 291 g/mol. The summed E-state index contributed by atoms with van der Waals surface area (Å²) in [6.45, 7) is 5.25. The van der Waals surface area contributed by atoms with Crippen LogP contribution in [0.5, 0.6) is 0 Å². The van der Waals surface area contributed by atoms with Crippen LogP contribution in [0.4, 0.5) is 5.95 Å². The van der Waals surface area contributed by atoms with E-state index < -0.39 is 0 Å². The molecular formula is C14H21N5S. The second kappa shape index (κ2) is 5.61.